The van der Waals surface area contributed by atoms with Gasteiger partial charge in [0, 0.05) is 12.7 Å². The van der Waals surface area contributed by atoms with Crippen LogP contribution in [0.25, 0.3) is 0 Å². The van der Waals surface area contributed by atoms with Gasteiger partial charge in [0.2, 0.25) is 0 Å². The molecule has 0 aliphatic rings. The smallest absolute Gasteiger partial charge is 0.152 e. The second kappa shape index (κ2) is 5.40. The molecule has 18 heavy (non-hydrogen) atoms. The number of nitrogens with zero attached hydrogens (tertiary/aromatic N) is 1. The SMILES string of the molecule is Cc1ccc(CNc2c(C)ccnc2Cl)cc1C. The third-order valence-electron chi connectivity index (χ3n) is 3.15. The van der Waals surface area contributed by atoms with E-state index < -0.39 is 0 Å². The molecule has 2 rings (SSSR count). The highest BCUT2D eigenvalue weighted by Crippen LogP contribution is 2.23. The van der Waals surface area contributed by atoms with E-state index in [-0.39, 0.29) is 0 Å². The Morgan fingerprint density at radius 1 is 1.06 bits per heavy atom. The summed E-state index contributed by atoms with van der Waals surface area (Å²) < 4.78 is 0. The van der Waals surface area contributed by atoms with Crippen LogP contribution in [0.5, 0.6) is 0 Å². The van der Waals surface area contributed by atoms with Gasteiger partial charge in [0.15, 0.2) is 5.15 Å². The number of anilines is 1. The Kier molecular flexibility index (Phi) is 3.87. The Hall–Kier alpha value is -1.54. The van der Waals surface area contributed by atoms with Crippen molar-refractivity contribution in [2.75, 3.05) is 5.32 Å². The zero-order valence-electron chi connectivity index (χ0n) is 10.9. The Morgan fingerprint density at radius 2 is 1.83 bits per heavy atom. The lowest BCUT2D eigenvalue weighted by atomic mass is 10.1. The molecule has 1 N–H and O–H groups in total. The van der Waals surface area contributed by atoms with Crippen molar-refractivity contribution in [1.29, 1.82) is 0 Å². The molecule has 94 valence electrons. The van der Waals surface area contributed by atoms with Crippen LogP contribution in [0.2, 0.25) is 5.15 Å². The van der Waals surface area contributed by atoms with Gasteiger partial charge in [-0.1, -0.05) is 29.8 Å². The zero-order chi connectivity index (χ0) is 13.1. The number of hydrogen-bond acceptors (Lipinski definition) is 2. The standard InChI is InChI=1S/C15H17ClN2/c1-10-4-5-13(8-12(10)3)9-18-14-11(2)6-7-17-15(14)16/h4-8,18H,9H2,1-3H3. The maximum atomic E-state index is 6.08. The number of nitrogens with one attached hydrogen (secondary N) is 1. The lowest BCUT2D eigenvalue weighted by Gasteiger charge is -2.11. The summed E-state index contributed by atoms with van der Waals surface area (Å²) >= 11 is 6.08. The molecule has 0 fully saturated rings. The molecular formula is C15H17ClN2. The van der Waals surface area contributed by atoms with Gasteiger partial charge in [-0.15, -0.1) is 0 Å². The first-order chi connectivity index (χ1) is 8.58. The van der Waals surface area contributed by atoms with Crippen LogP contribution >= 0.6 is 11.6 Å². The minimum Gasteiger partial charge on any atom is -0.378 e. The van der Waals surface area contributed by atoms with Gasteiger partial charge in [-0.2, -0.15) is 0 Å². The summed E-state index contributed by atoms with van der Waals surface area (Å²) in [6.45, 7) is 7.03. The molecule has 1 aromatic heterocycles. The van der Waals surface area contributed by atoms with E-state index in [1.165, 1.54) is 16.7 Å². The molecular weight excluding hydrogens is 244 g/mol. The number of aryl methyl sites for hydroxylation is 3. The highest BCUT2D eigenvalue weighted by molar-refractivity contribution is 6.32. The summed E-state index contributed by atoms with van der Waals surface area (Å²) in [7, 11) is 0. The third kappa shape index (κ3) is 2.82. The van der Waals surface area contributed by atoms with Crippen molar-refractivity contribution in [2.45, 2.75) is 27.3 Å². The Bertz CT molecular complexity index is 544. The molecule has 0 saturated carbocycles. The second-order valence-electron chi connectivity index (χ2n) is 4.57. The summed E-state index contributed by atoms with van der Waals surface area (Å²) in [6.07, 6.45) is 1.72. The highest BCUT2D eigenvalue weighted by atomic mass is 35.5. The maximum Gasteiger partial charge on any atom is 0.152 e. The quantitative estimate of drug-likeness (QED) is 0.834. The predicted octanol–water partition coefficient (Wildman–Crippen LogP) is 4.27. The molecule has 3 heteroatoms. The van der Waals surface area contributed by atoms with Crippen LogP contribution in [0.3, 0.4) is 0 Å². The zero-order valence-corrected chi connectivity index (χ0v) is 11.7. The summed E-state index contributed by atoms with van der Waals surface area (Å²) in [6, 6.07) is 8.43. The molecule has 2 aromatic rings. The molecule has 0 unspecified atom stereocenters. The van der Waals surface area contributed by atoms with E-state index in [4.69, 9.17) is 11.6 Å². The Labute approximate surface area is 113 Å². The molecule has 0 saturated heterocycles. The van der Waals surface area contributed by atoms with Gasteiger partial charge in [-0.05, 0) is 49.1 Å². The number of rotatable bonds is 3. The fraction of sp³-hybridized carbons (Fsp3) is 0.267. The molecule has 1 heterocycles. The van der Waals surface area contributed by atoms with Gasteiger partial charge in [0.05, 0.1) is 5.69 Å². The molecule has 0 bridgehead atoms. The van der Waals surface area contributed by atoms with Crippen molar-refractivity contribution in [3.8, 4) is 0 Å². The van der Waals surface area contributed by atoms with Gasteiger partial charge < -0.3 is 5.32 Å². The van der Waals surface area contributed by atoms with E-state index >= 15 is 0 Å². The van der Waals surface area contributed by atoms with E-state index in [0.717, 1.165) is 17.8 Å². The normalized spacial score (nSPS) is 10.4. The van der Waals surface area contributed by atoms with E-state index in [1.54, 1.807) is 6.20 Å². The van der Waals surface area contributed by atoms with E-state index in [1.807, 2.05) is 13.0 Å². The predicted molar refractivity (Wildman–Crippen MR) is 77.2 cm³/mol. The van der Waals surface area contributed by atoms with Crippen LogP contribution in [0.4, 0.5) is 5.69 Å². The van der Waals surface area contributed by atoms with Crippen LogP contribution in [0.15, 0.2) is 30.5 Å². The molecule has 0 radical (unpaired) electrons. The molecule has 0 atom stereocenters. The first kappa shape index (κ1) is 12.9. The van der Waals surface area contributed by atoms with Gasteiger partial charge in [-0.3, -0.25) is 0 Å². The number of hydrogen-bond donors (Lipinski definition) is 1. The maximum absolute atomic E-state index is 6.08. The van der Waals surface area contributed by atoms with E-state index in [2.05, 4.69) is 42.3 Å². The number of pyridine rings is 1. The highest BCUT2D eigenvalue weighted by Gasteiger charge is 2.04. The topological polar surface area (TPSA) is 24.9 Å². The summed E-state index contributed by atoms with van der Waals surface area (Å²) in [4.78, 5) is 4.09. The first-order valence-corrected chi connectivity index (χ1v) is 6.37. The van der Waals surface area contributed by atoms with Crippen molar-refractivity contribution in [3.63, 3.8) is 0 Å². The van der Waals surface area contributed by atoms with Gasteiger partial charge in [0.1, 0.15) is 0 Å². The van der Waals surface area contributed by atoms with Crippen LogP contribution < -0.4 is 5.32 Å². The van der Waals surface area contributed by atoms with Crippen molar-refractivity contribution in [2.24, 2.45) is 0 Å². The number of halogens is 1. The first-order valence-electron chi connectivity index (χ1n) is 5.99. The minimum atomic E-state index is 0.527. The van der Waals surface area contributed by atoms with Gasteiger partial charge in [-0.25, -0.2) is 4.98 Å². The summed E-state index contributed by atoms with van der Waals surface area (Å²) in [5, 5.41) is 3.88. The lowest BCUT2D eigenvalue weighted by Crippen LogP contribution is -2.03. The second-order valence-corrected chi connectivity index (χ2v) is 4.92. The van der Waals surface area contributed by atoms with Crippen LogP contribution in [0.1, 0.15) is 22.3 Å². The monoisotopic (exact) mass is 260 g/mol. The minimum absolute atomic E-state index is 0.527. The summed E-state index contributed by atoms with van der Waals surface area (Å²) in [5.74, 6) is 0. The average Bonchev–Trinajstić information content (AvgIpc) is 2.33. The molecule has 1 aromatic carbocycles. The number of aromatic nitrogens is 1. The Morgan fingerprint density at radius 3 is 2.50 bits per heavy atom. The van der Waals surface area contributed by atoms with Crippen molar-refractivity contribution < 1.29 is 0 Å². The molecule has 2 nitrogen and oxygen atoms in total. The van der Waals surface area contributed by atoms with Crippen LogP contribution in [0, 0.1) is 20.8 Å². The van der Waals surface area contributed by atoms with Crippen molar-refractivity contribution in [3.05, 3.63) is 57.9 Å². The molecule has 0 aliphatic carbocycles. The number of benzene rings is 1. The van der Waals surface area contributed by atoms with Crippen LogP contribution in [-0.2, 0) is 6.54 Å². The van der Waals surface area contributed by atoms with Crippen LogP contribution in [-0.4, -0.2) is 4.98 Å². The fourth-order valence-electron chi connectivity index (χ4n) is 1.84. The Balaban J connectivity index is 2.14. The third-order valence-corrected chi connectivity index (χ3v) is 3.44. The van der Waals surface area contributed by atoms with E-state index in [0.29, 0.717) is 5.15 Å². The summed E-state index contributed by atoms with van der Waals surface area (Å²) in [5.41, 5.74) is 5.89. The van der Waals surface area contributed by atoms with Crippen molar-refractivity contribution in [1.82, 2.24) is 4.98 Å². The van der Waals surface area contributed by atoms with E-state index in [9.17, 15) is 0 Å². The molecule has 0 spiro atoms. The lowest BCUT2D eigenvalue weighted by molar-refractivity contribution is 1.11. The van der Waals surface area contributed by atoms with Crippen molar-refractivity contribution >= 4 is 17.3 Å². The molecule has 0 aliphatic heterocycles. The largest absolute Gasteiger partial charge is 0.378 e. The fourth-order valence-corrected chi connectivity index (χ4v) is 2.11. The van der Waals surface area contributed by atoms with Gasteiger partial charge >= 0.3 is 0 Å². The average molecular weight is 261 g/mol. The molecule has 0 amide bonds. The van der Waals surface area contributed by atoms with Gasteiger partial charge in [0.25, 0.3) is 0 Å².